The molecule has 0 saturated carbocycles. The fraction of sp³-hybridized carbons (Fsp3) is 0.0164. The average Bonchev–Trinajstić information content (AvgIpc) is 3.97. The molecule has 0 saturated heterocycles. The number of para-hydroxylation sites is 2. The van der Waals surface area contributed by atoms with E-state index in [1.54, 1.807) is 0 Å². The molecule has 0 amide bonds. The third-order valence-electron chi connectivity index (χ3n) is 14.2. The number of rotatable bonds is 4. The molecular formula is C61H38N2. The molecule has 0 N–H and O–H groups in total. The number of aromatic nitrogens is 1. The van der Waals surface area contributed by atoms with Crippen molar-refractivity contribution in [2.24, 2.45) is 0 Å². The summed E-state index contributed by atoms with van der Waals surface area (Å²) < 4.78 is 2.43. The van der Waals surface area contributed by atoms with E-state index >= 15 is 0 Å². The summed E-state index contributed by atoms with van der Waals surface area (Å²) in [5, 5.41) is 10.0. The van der Waals surface area contributed by atoms with Gasteiger partial charge in [0.25, 0.3) is 0 Å². The first-order valence-corrected chi connectivity index (χ1v) is 21.9. The van der Waals surface area contributed by atoms with Crippen molar-refractivity contribution >= 4 is 71.2 Å². The van der Waals surface area contributed by atoms with E-state index in [2.05, 4.69) is 240 Å². The van der Waals surface area contributed by atoms with Gasteiger partial charge in [-0.15, -0.1) is 0 Å². The lowest BCUT2D eigenvalue weighted by atomic mass is 9.70. The molecule has 1 heterocycles. The van der Waals surface area contributed by atoms with Gasteiger partial charge in [0.05, 0.1) is 27.8 Å². The molecule has 0 fully saturated rings. The van der Waals surface area contributed by atoms with Crippen LogP contribution in [-0.2, 0) is 5.41 Å². The monoisotopic (exact) mass is 798 g/mol. The van der Waals surface area contributed by atoms with E-state index < -0.39 is 5.41 Å². The van der Waals surface area contributed by atoms with Gasteiger partial charge in [0.2, 0.25) is 0 Å². The molecule has 63 heavy (non-hydrogen) atoms. The minimum atomic E-state index is -0.464. The van der Waals surface area contributed by atoms with E-state index in [-0.39, 0.29) is 0 Å². The van der Waals surface area contributed by atoms with Crippen LogP contribution >= 0.6 is 0 Å². The number of benzene rings is 11. The normalized spacial score (nSPS) is 13.2. The zero-order valence-electron chi connectivity index (χ0n) is 34.3. The predicted octanol–water partition coefficient (Wildman–Crippen LogP) is 16.1. The van der Waals surface area contributed by atoms with Crippen LogP contribution in [0, 0.1) is 0 Å². The lowest BCUT2D eigenvalue weighted by Crippen LogP contribution is -2.26. The average molecular weight is 799 g/mol. The maximum atomic E-state index is 2.58. The number of hydrogen-bond acceptors (Lipinski definition) is 1. The highest BCUT2D eigenvalue weighted by atomic mass is 15.2. The topological polar surface area (TPSA) is 8.17 Å². The summed E-state index contributed by atoms with van der Waals surface area (Å²) in [6, 6.07) is 85.9. The molecule has 2 nitrogen and oxygen atoms in total. The van der Waals surface area contributed by atoms with Gasteiger partial charge in [-0.2, -0.15) is 0 Å². The van der Waals surface area contributed by atoms with Gasteiger partial charge in [0, 0.05) is 27.7 Å². The maximum Gasteiger partial charge on any atom is 0.0726 e. The van der Waals surface area contributed by atoms with E-state index in [0.717, 1.165) is 22.7 Å². The highest BCUT2D eigenvalue weighted by Gasteiger charge is 2.52. The Balaban J connectivity index is 1.13. The van der Waals surface area contributed by atoms with Crippen molar-refractivity contribution in [2.45, 2.75) is 5.41 Å². The van der Waals surface area contributed by atoms with Crippen LogP contribution in [0.2, 0.25) is 0 Å². The summed E-state index contributed by atoms with van der Waals surface area (Å²) in [6.07, 6.45) is 0. The third-order valence-corrected chi connectivity index (χ3v) is 14.2. The number of fused-ring (bicyclic) bond motifs is 19. The Morgan fingerprint density at radius 1 is 0.317 bits per heavy atom. The summed E-state index contributed by atoms with van der Waals surface area (Å²) in [6.45, 7) is 0. The van der Waals surface area contributed by atoms with Gasteiger partial charge in [0.15, 0.2) is 0 Å². The quantitative estimate of drug-likeness (QED) is 0.161. The van der Waals surface area contributed by atoms with Gasteiger partial charge in [0.1, 0.15) is 0 Å². The highest BCUT2D eigenvalue weighted by molar-refractivity contribution is 6.26. The predicted molar refractivity (Wildman–Crippen MR) is 264 cm³/mol. The Kier molecular flexibility index (Phi) is 7.07. The van der Waals surface area contributed by atoms with Crippen molar-refractivity contribution in [3.63, 3.8) is 0 Å². The van der Waals surface area contributed by atoms with Gasteiger partial charge in [-0.05, 0) is 120 Å². The van der Waals surface area contributed by atoms with E-state index in [9.17, 15) is 0 Å². The zero-order chi connectivity index (χ0) is 41.2. The van der Waals surface area contributed by atoms with E-state index in [1.165, 1.54) is 98.6 Å². The molecule has 0 atom stereocenters. The molecule has 2 aliphatic carbocycles. The van der Waals surface area contributed by atoms with E-state index in [1.807, 2.05) is 0 Å². The second-order valence-corrected chi connectivity index (χ2v) is 17.1. The SMILES string of the molecule is c1ccc(-n2c3ccccc3c3c(N(c4ccc5c6ccccc6c6ccccc6c5c4)c4cccc5c4-c4ccccc4C54c5ccccc5-c5ccccc54)cccc32)cc1. The first kappa shape index (κ1) is 34.5. The molecule has 292 valence electrons. The summed E-state index contributed by atoms with van der Waals surface area (Å²) in [7, 11) is 0. The summed E-state index contributed by atoms with van der Waals surface area (Å²) >= 11 is 0. The molecular weight excluding hydrogens is 761 g/mol. The molecule has 2 aliphatic rings. The first-order chi connectivity index (χ1) is 31.3. The fourth-order valence-corrected chi connectivity index (χ4v) is 11.8. The highest BCUT2D eigenvalue weighted by Crippen LogP contribution is 2.65. The van der Waals surface area contributed by atoms with Gasteiger partial charge >= 0.3 is 0 Å². The Labute approximate surface area is 365 Å². The first-order valence-electron chi connectivity index (χ1n) is 21.9. The van der Waals surface area contributed by atoms with Crippen molar-refractivity contribution in [2.75, 3.05) is 4.90 Å². The number of nitrogens with zero attached hydrogens (tertiary/aromatic N) is 2. The lowest BCUT2D eigenvalue weighted by Gasteiger charge is -2.32. The van der Waals surface area contributed by atoms with Crippen molar-refractivity contribution in [1.29, 1.82) is 0 Å². The van der Waals surface area contributed by atoms with Crippen LogP contribution in [0.5, 0.6) is 0 Å². The van der Waals surface area contributed by atoms with Crippen molar-refractivity contribution in [3.8, 4) is 27.9 Å². The molecule has 11 aromatic carbocycles. The third kappa shape index (κ3) is 4.52. The Bertz CT molecular complexity index is 3790. The van der Waals surface area contributed by atoms with Crippen LogP contribution in [0.25, 0.3) is 82.1 Å². The molecule has 2 heteroatoms. The van der Waals surface area contributed by atoms with Gasteiger partial charge in [-0.25, -0.2) is 0 Å². The zero-order valence-corrected chi connectivity index (χ0v) is 34.3. The van der Waals surface area contributed by atoms with Crippen LogP contribution < -0.4 is 4.90 Å². The minimum absolute atomic E-state index is 0.464. The molecule has 1 spiro atoms. The van der Waals surface area contributed by atoms with Crippen LogP contribution in [0.4, 0.5) is 17.1 Å². The van der Waals surface area contributed by atoms with E-state index in [4.69, 9.17) is 0 Å². The second kappa shape index (κ2) is 12.9. The molecule has 14 rings (SSSR count). The Morgan fingerprint density at radius 3 is 1.48 bits per heavy atom. The molecule has 1 aromatic heterocycles. The standard InChI is InChI=1S/C61H38N2/c1-2-18-39(19-3-1)62-55-32-15-11-27-49(55)60-57(62)34-17-35-58(60)63(40-36-37-45-43-22-5-4-20-41(43)42-21-6-7-23-44(42)50(45)38-40)56-33-16-31-54-59(56)48-26-10-14-30-53(48)61(54)51-28-12-8-24-46(51)47-25-9-13-29-52(47)61/h1-38H. The van der Waals surface area contributed by atoms with Crippen molar-refractivity contribution in [3.05, 3.63) is 253 Å². The smallest absolute Gasteiger partial charge is 0.0726 e. The Morgan fingerprint density at radius 2 is 0.794 bits per heavy atom. The van der Waals surface area contributed by atoms with Gasteiger partial charge in [-0.3, -0.25) is 0 Å². The summed E-state index contributed by atoms with van der Waals surface area (Å²) in [5.74, 6) is 0. The number of hydrogen-bond donors (Lipinski definition) is 0. The van der Waals surface area contributed by atoms with Crippen LogP contribution in [0.1, 0.15) is 22.3 Å². The van der Waals surface area contributed by atoms with Gasteiger partial charge < -0.3 is 9.47 Å². The van der Waals surface area contributed by atoms with E-state index in [0.29, 0.717) is 0 Å². The largest absolute Gasteiger partial charge is 0.309 e. The van der Waals surface area contributed by atoms with Gasteiger partial charge in [-0.1, -0.05) is 182 Å². The fourth-order valence-electron chi connectivity index (χ4n) is 11.8. The van der Waals surface area contributed by atoms with Crippen molar-refractivity contribution in [1.82, 2.24) is 4.57 Å². The molecule has 12 aromatic rings. The molecule has 0 radical (unpaired) electrons. The van der Waals surface area contributed by atoms with Crippen molar-refractivity contribution < 1.29 is 0 Å². The van der Waals surface area contributed by atoms with Crippen LogP contribution in [0.3, 0.4) is 0 Å². The maximum absolute atomic E-state index is 2.58. The summed E-state index contributed by atoms with van der Waals surface area (Å²) in [5.41, 5.74) is 17.0. The molecule has 0 unspecified atom stereocenters. The van der Waals surface area contributed by atoms with Crippen LogP contribution in [-0.4, -0.2) is 4.57 Å². The number of anilines is 3. The van der Waals surface area contributed by atoms with Crippen LogP contribution in [0.15, 0.2) is 231 Å². The second-order valence-electron chi connectivity index (χ2n) is 17.1. The Hall–Kier alpha value is -8.20. The molecule has 0 aliphatic heterocycles. The lowest BCUT2D eigenvalue weighted by molar-refractivity contribution is 0.794. The molecule has 0 bridgehead atoms. The summed E-state index contributed by atoms with van der Waals surface area (Å²) in [4.78, 5) is 2.58. The minimum Gasteiger partial charge on any atom is -0.309 e.